The second-order valence-corrected chi connectivity index (χ2v) is 3.74. The first-order chi connectivity index (χ1) is 5.29. The van der Waals surface area contributed by atoms with E-state index in [1.165, 1.54) is 38.8 Å². The summed E-state index contributed by atoms with van der Waals surface area (Å²) in [5.41, 5.74) is 0. The fourth-order valence-electron chi connectivity index (χ4n) is 1.31. The molecule has 0 heterocycles. The minimum Gasteiger partial charge on any atom is -0.314 e. The molecule has 2 nitrogen and oxygen atoms in total. The molecule has 11 heavy (non-hydrogen) atoms. The summed E-state index contributed by atoms with van der Waals surface area (Å²) in [4.78, 5) is 2.24. The predicted molar refractivity (Wildman–Crippen MR) is 48.8 cm³/mol. The Labute approximate surface area is 70.0 Å². The van der Waals surface area contributed by atoms with Crippen LogP contribution in [0.4, 0.5) is 0 Å². The third-order valence-electron chi connectivity index (χ3n) is 2.32. The van der Waals surface area contributed by atoms with Crippen LogP contribution in [0, 0.1) is 0 Å². The SMILES string of the molecule is CN(C)CCCNC1CCC1. The topological polar surface area (TPSA) is 15.3 Å². The molecule has 2 heteroatoms. The highest BCUT2D eigenvalue weighted by atomic mass is 15.1. The third-order valence-corrected chi connectivity index (χ3v) is 2.32. The zero-order chi connectivity index (χ0) is 8.10. The van der Waals surface area contributed by atoms with E-state index in [0.717, 1.165) is 6.04 Å². The lowest BCUT2D eigenvalue weighted by molar-refractivity contribution is 0.324. The standard InChI is InChI=1S/C9H20N2/c1-11(2)8-4-7-10-9-5-3-6-9/h9-10H,3-8H2,1-2H3. The van der Waals surface area contributed by atoms with Gasteiger partial charge in [0.05, 0.1) is 0 Å². The molecule has 1 aliphatic rings. The van der Waals surface area contributed by atoms with Crippen LogP contribution >= 0.6 is 0 Å². The average Bonchev–Trinajstić information content (AvgIpc) is 1.82. The Bertz CT molecular complexity index is 97.7. The van der Waals surface area contributed by atoms with Crippen molar-refractivity contribution in [3.05, 3.63) is 0 Å². The first kappa shape index (κ1) is 9.01. The van der Waals surface area contributed by atoms with Crippen LogP contribution in [0.15, 0.2) is 0 Å². The van der Waals surface area contributed by atoms with Crippen molar-refractivity contribution in [2.45, 2.75) is 31.7 Å². The summed E-state index contributed by atoms with van der Waals surface area (Å²) < 4.78 is 0. The van der Waals surface area contributed by atoms with Gasteiger partial charge in [-0.2, -0.15) is 0 Å². The van der Waals surface area contributed by atoms with Crippen molar-refractivity contribution in [1.29, 1.82) is 0 Å². The monoisotopic (exact) mass is 156 g/mol. The number of rotatable bonds is 5. The normalized spacial score (nSPS) is 18.8. The Morgan fingerprint density at radius 1 is 1.36 bits per heavy atom. The van der Waals surface area contributed by atoms with Crippen LogP contribution in [0.2, 0.25) is 0 Å². The Balaban J connectivity index is 1.80. The summed E-state index contributed by atoms with van der Waals surface area (Å²) in [6.07, 6.45) is 5.53. The third kappa shape index (κ3) is 3.73. The zero-order valence-electron chi connectivity index (χ0n) is 7.77. The van der Waals surface area contributed by atoms with Crippen LogP contribution in [0.1, 0.15) is 25.7 Å². The van der Waals surface area contributed by atoms with E-state index in [9.17, 15) is 0 Å². The number of hydrogen-bond acceptors (Lipinski definition) is 2. The fourth-order valence-corrected chi connectivity index (χ4v) is 1.31. The molecule has 0 amide bonds. The molecule has 0 bridgehead atoms. The van der Waals surface area contributed by atoms with E-state index in [4.69, 9.17) is 0 Å². The van der Waals surface area contributed by atoms with Gasteiger partial charge in [-0.1, -0.05) is 6.42 Å². The van der Waals surface area contributed by atoms with Gasteiger partial charge in [0.15, 0.2) is 0 Å². The summed E-state index contributed by atoms with van der Waals surface area (Å²) in [5.74, 6) is 0. The summed E-state index contributed by atoms with van der Waals surface area (Å²) in [5, 5.41) is 3.55. The quantitative estimate of drug-likeness (QED) is 0.599. The van der Waals surface area contributed by atoms with Gasteiger partial charge >= 0.3 is 0 Å². The molecular weight excluding hydrogens is 136 g/mol. The van der Waals surface area contributed by atoms with E-state index < -0.39 is 0 Å². The van der Waals surface area contributed by atoms with E-state index in [0.29, 0.717) is 0 Å². The van der Waals surface area contributed by atoms with Crippen molar-refractivity contribution < 1.29 is 0 Å². The van der Waals surface area contributed by atoms with Crippen molar-refractivity contribution in [2.75, 3.05) is 27.2 Å². The van der Waals surface area contributed by atoms with Crippen molar-refractivity contribution in [1.82, 2.24) is 10.2 Å². The number of hydrogen-bond donors (Lipinski definition) is 1. The van der Waals surface area contributed by atoms with Crippen LogP contribution in [0.5, 0.6) is 0 Å². The largest absolute Gasteiger partial charge is 0.314 e. The first-order valence-electron chi connectivity index (χ1n) is 4.67. The van der Waals surface area contributed by atoms with Crippen LogP contribution in [-0.4, -0.2) is 38.1 Å². The van der Waals surface area contributed by atoms with Crippen molar-refractivity contribution >= 4 is 0 Å². The predicted octanol–water partition coefficient (Wildman–Crippen LogP) is 1.08. The van der Waals surface area contributed by atoms with E-state index in [1.54, 1.807) is 0 Å². The van der Waals surface area contributed by atoms with Gasteiger partial charge < -0.3 is 10.2 Å². The lowest BCUT2D eigenvalue weighted by Gasteiger charge is -2.26. The summed E-state index contributed by atoms with van der Waals surface area (Å²) in [6.45, 7) is 2.41. The average molecular weight is 156 g/mol. The maximum Gasteiger partial charge on any atom is 0.00670 e. The molecule has 0 saturated heterocycles. The van der Waals surface area contributed by atoms with Gasteiger partial charge in [-0.25, -0.2) is 0 Å². The maximum absolute atomic E-state index is 3.55. The minimum absolute atomic E-state index is 0.858. The molecule has 0 radical (unpaired) electrons. The van der Waals surface area contributed by atoms with E-state index in [-0.39, 0.29) is 0 Å². The maximum atomic E-state index is 3.55. The molecule has 1 fully saturated rings. The second kappa shape index (κ2) is 4.73. The molecule has 0 aliphatic heterocycles. The Morgan fingerprint density at radius 3 is 2.55 bits per heavy atom. The van der Waals surface area contributed by atoms with Crippen LogP contribution in [0.3, 0.4) is 0 Å². The van der Waals surface area contributed by atoms with Crippen LogP contribution < -0.4 is 5.32 Å². The number of nitrogens with zero attached hydrogens (tertiary/aromatic N) is 1. The second-order valence-electron chi connectivity index (χ2n) is 3.74. The van der Waals surface area contributed by atoms with Gasteiger partial charge in [0.25, 0.3) is 0 Å². The molecule has 1 rings (SSSR count). The molecule has 0 aromatic rings. The highest BCUT2D eigenvalue weighted by molar-refractivity contribution is 4.75. The van der Waals surface area contributed by atoms with Gasteiger partial charge in [-0.05, 0) is 46.4 Å². The van der Waals surface area contributed by atoms with E-state index in [2.05, 4.69) is 24.3 Å². The van der Waals surface area contributed by atoms with Crippen molar-refractivity contribution in [3.63, 3.8) is 0 Å². The molecular formula is C9H20N2. The molecule has 0 aromatic heterocycles. The van der Waals surface area contributed by atoms with Crippen LogP contribution in [0.25, 0.3) is 0 Å². The molecule has 0 unspecified atom stereocenters. The molecule has 1 saturated carbocycles. The Hall–Kier alpha value is -0.0800. The highest BCUT2D eigenvalue weighted by Crippen LogP contribution is 2.17. The van der Waals surface area contributed by atoms with Gasteiger partial charge in [-0.3, -0.25) is 0 Å². The van der Waals surface area contributed by atoms with Gasteiger partial charge in [0.1, 0.15) is 0 Å². The summed E-state index contributed by atoms with van der Waals surface area (Å²) >= 11 is 0. The van der Waals surface area contributed by atoms with Gasteiger partial charge in [-0.15, -0.1) is 0 Å². The zero-order valence-corrected chi connectivity index (χ0v) is 7.77. The van der Waals surface area contributed by atoms with Gasteiger partial charge in [0.2, 0.25) is 0 Å². The van der Waals surface area contributed by atoms with E-state index >= 15 is 0 Å². The fraction of sp³-hybridized carbons (Fsp3) is 1.00. The highest BCUT2D eigenvalue weighted by Gasteiger charge is 2.15. The first-order valence-corrected chi connectivity index (χ1v) is 4.67. The molecule has 0 atom stereocenters. The summed E-state index contributed by atoms with van der Waals surface area (Å²) in [7, 11) is 4.26. The number of nitrogens with one attached hydrogen (secondary N) is 1. The molecule has 0 aromatic carbocycles. The van der Waals surface area contributed by atoms with Gasteiger partial charge in [0, 0.05) is 6.04 Å². The lowest BCUT2D eigenvalue weighted by Crippen LogP contribution is -2.36. The van der Waals surface area contributed by atoms with Crippen molar-refractivity contribution in [2.24, 2.45) is 0 Å². The molecule has 1 aliphatic carbocycles. The minimum atomic E-state index is 0.858. The Kier molecular flexibility index (Phi) is 3.87. The van der Waals surface area contributed by atoms with Crippen LogP contribution in [-0.2, 0) is 0 Å². The molecule has 66 valence electrons. The van der Waals surface area contributed by atoms with Crippen molar-refractivity contribution in [3.8, 4) is 0 Å². The summed E-state index contributed by atoms with van der Waals surface area (Å²) in [6, 6.07) is 0.858. The molecule has 1 N–H and O–H groups in total. The molecule has 0 spiro atoms. The van der Waals surface area contributed by atoms with E-state index in [1.807, 2.05) is 0 Å². The smallest absolute Gasteiger partial charge is 0.00670 e. The Morgan fingerprint density at radius 2 is 2.09 bits per heavy atom. The lowest BCUT2D eigenvalue weighted by atomic mass is 9.93.